The maximum atomic E-state index is 11.1. The highest BCUT2D eigenvalue weighted by molar-refractivity contribution is 9.09. The molecule has 0 spiro atoms. The molecule has 3 rings (SSSR count). The number of carbonyl (C=O) groups is 3. The second kappa shape index (κ2) is 29.3. The number of alkyl halides is 1. The SMILES string of the molecule is CCOC(=O)CCCBr.CCOC(=O)CCCOc1cccc(Cl)c1Cl.O=C(O)CCCOc1cccc(Cl)c1Cl.Oc1cccc(Cl)c1Cl. The topological polar surface area (TPSA) is 129 Å². The summed E-state index contributed by atoms with van der Waals surface area (Å²) in [4.78, 5) is 31.8. The molecule has 9 nitrogen and oxygen atoms in total. The average molecular weight is 884 g/mol. The first-order chi connectivity index (χ1) is 23.8. The number of ether oxygens (including phenoxy) is 4. The molecule has 0 saturated carbocycles. The summed E-state index contributed by atoms with van der Waals surface area (Å²) in [7, 11) is 0. The van der Waals surface area contributed by atoms with Crippen molar-refractivity contribution in [2.75, 3.05) is 31.8 Å². The Morgan fingerprint density at radius 2 is 1.02 bits per heavy atom. The second-order valence-electron chi connectivity index (χ2n) is 9.38. The summed E-state index contributed by atoms with van der Waals surface area (Å²) in [5, 5.41) is 20.4. The monoisotopic (exact) mass is 880 g/mol. The predicted octanol–water partition coefficient (Wildman–Crippen LogP) is 11.4. The van der Waals surface area contributed by atoms with Gasteiger partial charge in [0.1, 0.15) is 32.3 Å². The van der Waals surface area contributed by atoms with E-state index in [2.05, 4.69) is 20.7 Å². The molecule has 0 aliphatic carbocycles. The molecule has 3 aromatic carbocycles. The molecule has 0 atom stereocenters. The fourth-order valence-corrected chi connectivity index (χ4v) is 4.43. The molecule has 0 aromatic heterocycles. The zero-order valence-electron chi connectivity index (χ0n) is 27.4. The van der Waals surface area contributed by atoms with Gasteiger partial charge < -0.3 is 29.2 Å². The molecule has 16 heteroatoms. The summed E-state index contributed by atoms with van der Waals surface area (Å²) < 4.78 is 20.2. The number of rotatable bonds is 15. The standard InChI is InChI=1S/C12H14Cl2O3.C10H10Cl2O3.C6H11BrO2.C6H4Cl2O/c1-2-16-11(15)7-4-8-17-10-6-3-5-9(13)12(10)14;11-7-3-1-4-8(10(7)12)15-6-2-5-9(13)14;1-2-9-6(8)4-3-5-7;7-4-2-1-3-5(9)6(4)8/h3,5-6H,2,4,7-8H2,1H3;1,3-4H,2,5-6H2,(H,13,14);2-5H2,1H3;1-3,9H. The van der Waals surface area contributed by atoms with Crippen molar-refractivity contribution in [1.29, 1.82) is 0 Å². The zero-order valence-corrected chi connectivity index (χ0v) is 33.5. The number of hydrogen-bond donors (Lipinski definition) is 2. The molecule has 0 saturated heterocycles. The lowest BCUT2D eigenvalue weighted by Gasteiger charge is -2.08. The molecule has 0 unspecified atom stereocenters. The van der Waals surface area contributed by atoms with Crippen LogP contribution < -0.4 is 9.47 Å². The molecule has 3 aromatic rings. The number of phenolic OH excluding ortho intramolecular Hbond substituents is 1. The van der Waals surface area contributed by atoms with Gasteiger partial charge in [0.05, 0.1) is 41.5 Å². The summed E-state index contributed by atoms with van der Waals surface area (Å²) in [6.45, 7) is 5.19. The summed E-state index contributed by atoms with van der Waals surface area (Å²) in [5.41, 5.74) is 0. The van der Waals surface area contributed by atoms with Crippen LogP contribution in [-0.4, -0.2) is 59.9 Å². The van der Waals surface area contributed by atoms with Gasteiger partial charge in [-0.1, -0.05) is 104 Å². The fraction of sp³-hybridized carbons (Fsp3) is 0.382. The van der Waals surface area contributed by atoms with Crippen LogP contribution >= 0.6 is 85.5 Å². The first-order valence-electron chi connectivity index (χ1n) is 15.1. The summed E-state index contributed by atoms with van der Waals surface area (Å²) in [6.07, 6.45) is 2.84. The van der Waals surface area contributed by atoms with Crippen LogP contribution in [0.4, 0.5) is 0 Å². The molecule has 0 radical (unpaired) electrons. The predicted molar refractivity (Wildman–Crippen MR) is 204 cm³/mol. The van der Waals surface area contributed by atoms with Gasteiger partial charge in [-0.25, -0.2) is 0 Å². The molecule has 278 valence electrons. The summed E-state index contributed by atoms with van der Waals surface area (Å²) in [5.74, 6) is -0.122. The van der Waals surface area contributed by atoms with Gasteiger partial charge in [0, 0.05) is 24.6 Å². The lowest BCUT2D eigenvalue weighted by molar-refractivity contribution is -0.144. The smallest absolute Gasteiger partial charge is 0.305 e. The maximum absolute atomic E-state index is 11.1. The first kappa shape index (κ1) is 47.7. The number of aromatic hydroxyl groups is 1. The van der Waals surface area contributed by atoms with E-state index >= 15 is 0 Å². The van der Waals surface area contributed by atoms with Crippen molar-refractivity contribution in [2.24, 2.45) is 0 Å². The van der Waals surface area contributed by atoms with Crippen LogP contribution in [0.15, 0.2) is 54.6 Å². The number of esters is 2. The molecule has 50 heavy (non-hydrogen) atoms. The van der Waals surface area contributed by atoms with Gasteiger partial charge in [-0.2, -0.15) is 0 Å². The van der Waals surface area contributed by atoms with Gasteiger partial charge in [0.2, 0.25) is 0 Å². The Kier molecular flexibility index (Phi) is 27.9. The Morgan fingerprint density at radius 3 is 1.40 bits per heavy atom. The van der Waals surface area contributed by atoms with Crippen molar-refractivity contribution < 1.29 is 43.5 Å². The Morgan fingerprint density at radius 1 is 0.620 bits per heavy atom. The van der Waals surface area contributed by atoms with Crippen LogP contribution in [0.3, 0.4) is 0 Å². The third kappa shape index (κ3) is 22.5. The van der Waals surface area contributed by atoms with Crippen LogP contribution in [0.1, 0.15) is 52.4 Å². The van der Waals surface area contributed by atoms with Crippen LogP contribution in [0.5, 0.6) is 17.2 Å². The first-order valence-corrected chi connectivity index (χ1v) is 18.5. The number of phenols is 1. The van der Waals surface area contributed by atoms with Gasteiger partial charge in [-0.3, -0.25) is 14.4 Å². The third-order valence-corrected chi connectivity index (χ3v) is 8.44. The number of halogens is 7. The van der Waals surface area contributed by atoms with Crippen molar-refractivity contribution in [3.8, 4) is 17.2 Å². The number of carbonyl (C=O) groups excluding carboxylic acids is 2. The molecule has 0 fully saturated rings. The molecule has 0 bridgehead atoms. The van der Waals surface area contributed by atoms with Crippen LogP contribution in [0.25, 0.3) is 0 Å². The van der Waals surface area contributed by atoms with Gasteiger partial charge in [-0.15, -0.1) is 0 Å². The van der Waals surface area contributed by atoms with Crippen LogP contribution in [0, 0.1) is 0 Å². The van der Waals surface area contributed by atoms with Crippen molar-refractivity contribution in [2.45, 2.75) is 52.4 Å². The number of aliphatic carboxylic acids is 1. The Hall–Kier alpha value is -2.31. The third-order valence-electron chi connectivity index (χ3n) is 5.46. The van der Waals surface area contributed by atoms with Gasteiger partial charge >= 0.3 is 17.9 Å². The van der Waals surface area contributed by atoms with Crippen molar-refractivity contribution in [3.05, 3.63) is 84.7 Å². The van der Waals surface area contributed by atoms with E-state index in [1.807, 2.05) is 6.92 Å². The molecular weight excluding hydrogens is 845 g/mol. The number of benzene rings is 3. The van der Waals surface area contributed by atoms with Crippen LogP contribution in [0.2, 0.25) is 30.1 Å². The lowest BCUT2D eigenvalue weighted by Crippen LogP contribution is -2.06. The maximum Gasteiger partial charge on any atom is 0.305 e. The second-order valence-corrected chi connectivity index (χ2v) is 12.5. The van der Waals surface area contributed by atoms with Crippen molar-refractivity contribution >= 4 is 103 Å². The van der Waals surface area contributed by atoms with Crippen molar-refractivity contribution in [3.63, 3.8) is 0 Å². The number of carboxylic acids is 1. The highest BCUT2D eigenvalue weighted by Crippen LogP contribution is 2.32. The highest BCUT2D eigenvalue weighted by Gasteiger charge is 2.07. The summed E-state index contributed by atoms with van der Waals surface area (Å²) in [6, 6.07) is 15.0. The Balaban J connectivity index is 0.000000666. The Labute approximate surface area is 331 Å². The largest absolute Gasteiger partial charge is 0.506 e. The molecular formula is C34H39BrCl6O9. The van der Waals surface area contributed by atoms with Gasteiger partial charge in [-0.05, 0) is 69.5 Å². The van der Waals surface area contributed by atoms with Gasteiger partial charge in [0.25, 0.3) is 0 Å². The molecule has 0 amide bonds. The van der Waals surface area contributed by atoms with E-state index in [1.165, 1.54) is 6.07 Å². The van der Waals surface area contributed by atoms with E-state index in [4.69, 9.17) is 94.0 Å². The van der Waals surface area contributed by atoms with Gasteiger partial charge in [0.15, 0.2) is 0 Å². The minimum Gasteiger partial charge on any atom is -0.506 e. The quantitative estimate of drug-likeness (QED) is 0.0871. The van der Waals surface area contributed by atoms with E-state index < -0.39 is 5.97 Å². The van der Waals surface area contributed by atoms with E-state index in [-0.39, 0.29) is 29.1 Å². The molecule has 0 aliphatic rings. The normalized spacial score (nSPS) is 9.78. The van der Waals surface area contributed by atoms with E-state index in [9.17, 15) is 14.4 Å². The zero-order chi connectivity index (χ0) is 37.9. The summed E-state index contributed by atoms with van der Waals surface area (Å²) >= 11 is 37.6. The average Bonchev–Trinajstić information content (AvgIpc) is 3.07. The fourth-order valence-electron chi connectivity index (χ4n) is 3.17. The highest BCUT2D eigenvalue weighted by atomic mass is 79.9. The van der Waals surface area contributed by atoms with Crippen LogP contribution in [-0.2, 0) is 23.9 Å². The van der Waals surface area contributed by atoms with Crippen molar-refractivity contribution in [1.82, 2.24) is 0 Å². The van der Waals surface area contributed by atoms with E-state index in [0.717, 1.165) is 11.8 Å². The lowest BCUT2D eigenvalue weighted by atomic mass is 10.3. The number of hydrogen-bond acceptors (Lipinski definition) is 8. The van der Waals surface area contributed by atoms with E-state index in [0.29, 0.717) is 88.7 Å². The molecule has 0 heterocycles. The van der Waals surface area contributed by atoms with E-state index in [1.54, 1.807) is 55.5 Å². The minimum atomic E-state index is -0.837. The molecule has 2 N–H and O–H groups in total. The molecule has 0 aliphatic heterocycles. The Bertz CT molecular complexity index is 1430. The number of carboxylic acid groups (broad SMARTS) is 1. The minimum absolute atomic E-state index is 0.0177.